The second-order valence-electron chi connectivity index (χ2n) is 0.577. The van der Waals surface area contributed by atoms with E-state index in [1.54, 1.807) is 0 Å². The zero-order chi connectivity index (χ0) is 3.41. The Morgan fingerprint density at radius 1 is 2.00 bits per heavy atom. The molecular formula is C2H5LiS. The third kappa shape index (κ3) is 2.95. The van der Waals surface area contributed by atoms with Gasteiger partial charge < -0.3 is 0 Å². The Labute approximate surface area is 40.5 Å². The van der Waals surface area contributed by atoms with Crippen LogP contribution in [0.4, 0.5) is 0 Å². The molecule has 0 aromatic heterocycles. The number of hydrogen-bond donors (Lipinski definition) is 0. The zero-order valence-corrected chi connectivity index (χ0v) is 3.93. The van der Waals surface area contributed by atoms with Gasteiger partial charge in [0.05, 0.1) is 0 Å². The minimum absolute atomic E-state index is 1.24. The molecule has 0 heterocycles. The van der Waals surface area contributed by atoms with Gasteiger partial charge >= 0.3 is 40.2 Å². The number of rotatable bonds is 1. The first-order chi connectivity index (χ1) is 1.91. The van der Waals surface area contributed by atoms with Crippen LogP contribution in [0.2, 0.25) is 0 Å². The van der Waals surface area contributed by atoms with Crippen molar-refractivity contribution in [2.45, 2.75) is 0 Å². The maximum atomic E-state index is 2.14. The molecule has 0 aromatic carbocycles. The summed E-state index contributed by atoms with van der Waals surface area (Å²) in [5, 5.41) is 0. The van der Waals surface area contributed by atoms with E-state index < -0.39 is 0 Å². The quantitative estimate of drug-likeness (QED) is 0.403. The molecule has 0 unspecified atom stereocenters. The van der Waals surface area contributed by atoms with E-state index >= 15 is 0 Å². The first-order valence-corrected chi connectivity index (χ1v) is 2.80. The van der Waals surface area contributed by atoms with Crippen LogP contribution < -0.4 is 0 Å². The predicted molar refractivity (Wildman–Crippen MR) is 24.1 cm³/mol. The van der Waals surface area contributed by atoms with Crippen molar-refractivity contribution < 1.29 is 0 Å². The van der Waals surface area contributed by atoms with Crippen LogP contribution in [-0.2, 0) is 0 Å². The van der Waals surface area contributed by atoms with Gasteiger partial charge in [0, 0.05) is 0 Å². The summed E-state index contributed by atoms with van der Waals surface area (Å²) >= 11 is 4.00. The number of thioether (sulfide) groups is 1. The van der Waals surface area contributed by atoms with Crippen molar-refractivity contribution in [3.8, 4) is 0 Å². The van der Waals surface area contributed by atoms with Crippen molar-refractivity contribution >= 4 is 29.5 Å². The fourth-order valence-corrected chi connectivity index (χ4v) is 0. The molecule has 0 spiro atoms. The van der Waals surface area contributed by atoms with E-state index in [1.807, 2.05) is 11.8 Å². The van der Waals surface area contributed by atoms with Gasteiger partial charge in [0.25, 0.3) is 0 Å². The first kappa shape index (κ1) is 4.95. The molecule has 0 atom stereocenters. The normalized spacial score (nSPS) is 7.75. The summed E-state index contributed by atoms with van der Waals surface area (Å²) in [5.74, 6) is 0. The summed E-state index contributed by atoms with van der Waals surface area (Å²) < 4.78 is 1.24. The van der Waals surface area contributed by atoms with Crippen molar-refractivity contribution in [1.29, 1.82) is 0 Å². The van der Waals surface area contributed by atoms with E-state index in [-0.39, 0.29) is 0 Å². The van der Waals surface area contributed by atoms with Gasteiger partial charge in [-0.15, -0.1) is 0 Å². The summed E-state index contributed by atoms with van der Waals surface area (Å²) in [5.41, 5.74) is 0. The molecule has 0 aliphatic rings. The second kappa shape index (κ2) is 3.95. The first-order valence-electron chi connectivity index (χ1n) is 1.40. The second-order valence-corrected chi connectivity index (χ2v) is 1.73. The van der Waals surface area contributed by atoms with Crippen molar-refractivity contribution in [3.05, 3.63) is 0 Å². The van der Waals surface area contributed by atoms with Gasteiger partial charge in [0.15, 0.2) is 0 Å². The van der Waals surface area contributed by atoms with E-state index in [0.717, 1.165) is 0 Å². The van der Waals surface area contributed by atoms with Crippen LogP contribution in [0.25, 0.3) is 0 Å². The molecule has 0 radical (unpaired) electrons. The molecule has 0 aliphatic carbocycles. The molecular weight excluding hydrogens is 63.0 g/mol. The van der Waals surface area contributed by atoms with Gasteiger partial charge in [0.2, 0.25) is 0 Å². The van der Waals surface area contributed by atoms with Gasteiger partial charge in [-0.2, -0.15) is 0 Å². The molecule has 20 valence electrons. The Morgan fingerprint density at radius 2 is 2.25 bits per heavy atom. The van der Waals surface area contributed by atoms with E-state index in [0.29, 0.717) is 0 Å². The predicted octanol–water partition coefficient (Wildman–Crippen LogP) is 0.475. The monoisotopic (exact) mass is 68.0 g/mol. The van der Waals surface area contributed by atoms with E-state index in [4.69, 9.17) is 0 Å². The van der Waals surface area contributed by atoms with Crippen LogP contribution in [-0.4, -0.2) is 28.4 Å². The van der Waals surface area contributed by atoms with Crippen LogP contribution >= 0.6 is 11.8 Å². The molecule has 0 nitrogen and oxygen atoms in total. The molecule has 0 rings (SSSR count). The van der Waals surface area contributed by atoms with Crippen molar-refractivity contribution in [3.63, 3.8) is 0 Å². The van der Waals surface area contributed by atoms with Crippen LogP contribution in [0.3, 0.4) is 0 Å². The summed E-state index contributed by atoms with van der Waals surface area (Å²) in [6, 6.07) is 0. The Hall–Kier alpha value is 0.947. The number of hydrogen-bond acceptors (Lipinski definition) is 1. The molecule has 4 heavy (non-hydrogen) atoms. The molecule has 0 saturated heterocycles. The van der Waals surface area contributed by atoms with Crippen LogP contribution in [0.1, 0.15) is 0 Å². The van der Waals surface area contributed by atoms with Crippen molar-refractivity contribution in [1.82, 2.24) is 0 Å². The SMILES string of the molecule is [Li][CH2]SC. The molecule has 0 saturated carbocycles. The van der Waals surface area contributed by atoms with Gasteiger partial charge in [-0.25, -0.2) is 0 Å². The molecule has 0 bridgehead atoms. The van der Waals surface area contributed by atoms with Crippen LogP contribution in [0, 0.1) is 0 Å². The summed E-state index contributed by atoms with van der Waals surface area (Å²) in [6.45, 7) is 0. The molecule has 0 N–H and O–H groups in total. The Kier molecular flexibility index (Phi) is 4.88. The van der Waals surface area contributed by atoms with Gasteiger partial charge in [-0.3, -0.25) is 0 Å². The summed E-state index contributed by atoms with van der Waals surface area (Å²) in [4.78, 5) is 0. The standard InChI is InChI=1S/C2H5S.Li/c1-3-2;/h1H2,2H3;. The van der Waals surface area contributed by atoms with Gasteiger partial charge in [-0.05, 0) is 0 Å². The topological polar surface area (TPSA) is 0 Å². The third-order valence-corrected chi connectivity index (χ3v) is 0.866. The Bertz CT molecular complexity index is 8.00. The molecule has 2 heteroatoms. The molecule has 0 aliphatic heterocycles. The molecule has 0 fully saturated rings. The maximum absolute atomic E-state index is 2.14. The van der Waals surface area contributed by atoms with Crippen LogP contribution in [0.5, 0.6) is 0 Å². The summed E-state index contributed by atoms with van der Waals surface area (Å²) in [6.07, 6.45) is 2.10. The molecule has 0 amide bonds. The van der Waals surface area contributed by atoms with E-state index in [1.165, 1.54) is 4.43 Å². The average molecular weight is 68.1 g/mol. The van der Waals surface area contributed by atoms with Gasteiger partial charge in [0.1, 0.15) is 0 Å². The third-order valence-electron chi connectivity index (χ3n) is 0.289. The average Bonchev–Trinajstić information content (AvgIpc) is 1.37. The minimum atomic E-state index is 1.24. The fraction of sp³-hybridized carbons (Fsp3) is 1.00. The van der Waals surface area contributed by atoms with Crippen LogP contribution in [0.15, 0.2) is 0 Å². The van der Waals surface area contributed by atoms with Gasteiger partial charge in [-0.1, -0.05) is 0 Å². The van der Waals surface area contributed by atoms with E-state index in [2.05, 4.69) is 24.0 Å². The Balaban J connectivity index is 1.97. The molecule has 0 aromatic rings. The Morgan fingerprint density at radius 3 is 2.25 bits per heavy atom. The zero-order valence-electron chi connectivity index (χ0n) is 3.12. The van der Waals surface area contributed by atoms with Crippen molar-refractivity contribution in [2.24, 2.45) is 0 Å². The van der Waals surface area contributed by atoms with E-state index in [9.17, 15) is 0 Å². The fourth-order valence-electron chi connectivity index (χ4n) is 0. The summed E-state index contributed by atoms with van der Waals surface area (Å²) in [7, 11) is 0. The van der Waals surface area contributed by atoms with Crippen molar-refractivity contribution in [2.75, 3.05) is 10.7 Å².